The molecule has 0 bridgehead atoms. The second-order valence-electron chi connectivity index (χ2n) is 7.75. The first-order chi connectivity index (χ1) is 14.4. The van der Waals surface area contributed by atoms with Crippen LogP contribution in [0.25, 0.3) is 0 Å². The summed E-state index contributed by atoms with van der Waals surface area (Å²) in [5, 5.41) is 3.75. The van der Waals surface area contributed by atoms with Gasteiger partial charge < -0.3 is 15.0 Å². The number of aromatic amines is 1. The number of ether oxygens (including phenoxy) is 1. The zero-order valence-corrected chi connectivity index (χ0v) is 19.0. The first-order valence-electron chi connectivity index (χ1n) is 10.3. The summed E-state index contributed by atoms with van der Waals surface area (Å²) in [7, 11) is 1.35. The van der Waals surface area contributed by atoms with Crippen molar-refractivity contribution >= 4 is 23.5 Å². The predicted molar refractivity (Wildman–Crippen MR) is 121 cm³/mol. The first kappa shape index (κ1) is 22.2. The van der Waals surface area contributed by atoms with E-state index in [1.165, 1.54) is 24.4 Å². The number of benzene rings is 1. The number of allylic oxidation sites excluding steroid dienone is 1. The van der Waals surface area contributed by atoms with Crippen LogP contribution >= 0.6 is 11.8 Å². The Labute approximate surface area is 181 Å². The molecule has 6 nitrogen and oxygen atoms in total. The fraction of sp³-hybridized carbons (Fsp3) is 0.435. The molecule has 7 heteroatoms. The number of H-pyrrole nitrogens is 1. The van der Waals surface area contributed by atoms with Gasteiger partial charge in [0.1, 0.15) is 5.82 Å². The number of methoxy groups -OCH3 is 1. The molecular formula is C23H29N3O3S. The Kier molecular flexibility index (Phi) is 7.02. The molecule has 0 spiro atoms. The lowest BCUT2D eigenvalue weighted by molar-refractivity contribution is -0.136. The summed E-state index contributed by atoms with van der Waals surface area (Å²) >= 11 is 1.53. The van der Waals surface area contributed by atoms with E-state index in [0.717, 1.165) is 24.2 Å². The Morgan fingerprint density at radius 3 is 2.57 bits per heavy atom. The second kappa shape index (κ2) is 9.51. The van der Waals surface area contributed by atoms with Crippen LogP contribution < -0.4 is 10.9 Å². The second-order valence-corrected chi connectivity index (χ2v) is 8.83. The molecule has 1 aliphatic heterocycles. The minimum Gasteiger partial charge on any atom is -0.466 e. The van der Waals surface area contributed by atoms with Crippen molar-refractivity contribution in [2.75, 3.05) is 18.2 Å². The fourth-order valence-electron chi connectivity index (χ4n) is 3.60. The number of thioether (sulfide) groups is 1. The molecule has 1 aromatic heterocycles. The summed E-state index contributed by atoms with van der Waals surface area (Å²) in [4.78, 5) is 33.3. The molecule has 0 amide bonds. The van der Waals surface area contributed by atoms with Crippen LogP contribution in [0.5, 0.6) is 0 Å². The van der Waals surface area contributed by atoms with E-state index in [-0.39, 0.29) is 5.56 Å². The van der Waals surface area contributed by atoms with E-state index in [9.17, 15) is 9.59 Å². The standard InChI is InChI=1S/C23H29N3O3S/c1-6-7-12-30-23-25-20-19(21(27)26-23)18(17(14(4)24-20)22(28)29-5)16-10-8-15(9-11-16)13(2)3/h8-11,13,18H,6-7,12H2,1-5H3,(H2,24,25,26,27). The number of hydrogen-bond acceptors (Lipinski definition) is 6. The molecule has 3 rings (SSSR count). The SMILES string of the molecule is CCCCSc1nc2c(c(=O)[nH]1)C(c1ccc(C(C)C)cc1)C(C(=O)OC)=C(C)N2. The van der Waals surface area contributed by atoms with Gasteiger partial charge in [0.2, 0.25) is 0 Å². The van der Waals surface area contributed by atoms with Crippen LogP contribution in [-0.4, -0.2) is 28.8 Å². The van der Waals surface area contributed by atoms with Gasteiger partial charge in [-0.25, -0.2) is 9.78 Å². The van der Waals surface area contributed by atoms with Crippen molar-refractivity contribution in [1.82, 2.24) is 9.97 Å². The number of esters is 1. The maximum atomic E-state index is 13.1. The molecule has 0 fully saturated rings. The molecule has 1 atom stereocenters. The maximum absolute atomic E-state index is 13.1. The number of aromatic nitrogens is 2. The van der Waals surface area contributed by atoms with Crippen molar-refractivity contribution in [3.8, 4) is 0 Å². The molecule has 1 aliphatic rings. The Morgan fingerprint density at radius 1 is 1.27 bits per heavy atom. The van der Waals surface area contributed by atoms with Crippen LogP contribution in [-0.2, 0) is 9.53 Å². The van der Waals surface area contributed by atoms with Gasteiger partial charge in [-0.1, -0.05) is 63.2 Å². The van der Waals surface area contributed by atoms with E-state index in [4.69, 9.17) is 4.74 Å². The number of carbonyl (C=O) groups is 1. The van der Waals surface area contributed by atoms with Crippen LogP contribution in [0.1, 0.15) is 69.1 Å². The molecule has 1 unspecified atom stereocenters. The van der Waals surface area contributed by atoms with E-state index in [2.05, 4.69) is 36.1 Å². The van der Waals surface area contributed by atoms with Gasteiger partial charge in [-0.2, -0.15) is 0 Å². The van der Waals surface area contributed by atoms with Crippen LogP contribution in [0.2, 0.25) is 0 Å². The maximum Gasteiger partial charge on any atom is 0.336 e. The van der Waals surface area contributed by atoms with Gasteiger partial charge in [-0.15, -0.1) is 0 Å². The third-order valence-corrected chi connectivity index (χ3v) is 6.26. The molecule has 0 saturated carbocycles. The Balaban J connectivity index is 2.12. The number of fused-ring (bicyclic) bond motifs is 1. The number of unbranched alkanes of at least 4 members (excludes halogenated alkanes) is 1. The number of rotatable bonds is 7. The van der Waals surface area contributed by atoms with Crippen molar-refractivity contribution in [2.24, 2.45) is 0 Å². The molecule has 2 N–H and O–H groups in total. The average molecular weight is 428 g/mol. The molecule has 0 aliphatic carbocycles. The normalized spacial score (nSPS) is 15.7. The van der Waals surface area contributed by atoms with E-state index < -0.39 is 11.9 Å². The van der Waals surface area contributed by atoms with Crippen molar-refractivity contribution in [2.45, 2.75) is 57.5 Å². The zero-order valence-electron chi connectivity index (χ0n) is 18.2. The number of anilines is 1. The van der Waals surface area contributed by atoms with Crippen LogP contribution in [0, 0.1) is 0 Å². The van der Waals surface area contributed by atoms with Gasteiger partial charge in [0, 0.05) is 11.4 Å². The van der Waals surface area contributed by atoms with Crippen LogP contribution in [0.4, 0.5) is 5.82 Å². The smallest absolute Gasteiger partial charge is 0.336 e. The molecule has 160 valence electrons. The van der Waals surface area contributed by atoms with E-state index in [1.807, 2.05) is 31.2 Å². The highest BCUT2D eigenvalue weighted by molar-refractivity contribution is 7.99. The zero-order chi connectivity index (χ0) is 21.8. The summed E-state index contributed by atoms with van der Waals surface area (Å²) in [5.74, 6) is 0.788. The van der Waals surface area contributed by atoms with Gasteiger partial charge >= 0.3 is 5.97 Å². The Hall–Kier alpha value is -2.54. The summed E-state index contributed by atoms with van der Waals surface area (Å²) in [6, 6.07) is 8.05. The minimum atomic E-state index is -0.541. The third-order valence-electron chi connectivity index (χ3n) is 5.30. The lowest BCUT2D eigenvalue weighted by Crippen LogP contribution is -2.31. The topological polar surface area (TPSA) is 84.1 Å². The number of nitrogens with one attached hydrogen (secondary N) is 2. The quantitative estimate of drug-likeness (QED) is 0.286. The highest BCUT2D eigenvalue weighted by Crippen LogP contribution is 2.40. The van der Waals surface area contributed by atoms with Crippen molar-refractivity contribution in [3.63, 3.8) is 0 Å². The van der Waals surface area contributed by atoms with Gasteiger partial charge in [0.05, 0.1) is 24.2 Å². The van der Waals surface area contributed by atoms with Crippen LogP contribution in [0.15, 0.2) is 45.5 Å². The molecule has 2 aromatic rings. The average Bonchev–Trinajstić information content (AvgIpc) is 2.72. The van der Waals surface area contributed by atoms with E-state index >= 15 is 0 Å². The van der Waals surface area contributed by atoms with Crippen LogP contribution in [0.3, 0.4) is 0 Å². The highest BCUT2D eigenvalue weighted by atomic mass is 32.2. The van der Waals surface area contributed by atoms with E-state index in [1.54, 1.807) is 0 Å². The summed E-state index contributed by atoms with van der Waals surface area (Å²) in [6.45, 7) is 8.20. The van der Waals surface area contributed by atoms with Gasteiger partial charge in [0.15, 0.2) is 5.16 Å². The highest BCUT2D eigenvalue weighted by Gasteiger charge is 2.36. The predicted octanol–water partition coefficient (Wildman–Crippen LogP) is 4.79. The van der Waals surface area contributed by atoms with Gasteiger partial charge in [-0.05, 0) is 30.4 Å². The van der Waals surface area contributed by atoms with Crippen molar-refractivity contribution in [3.05, 3.63) is 62.6 Å². The summed E-state index contributed by atoms with van der Waals surface area (Å²) in [6.07, 6.45) is 2.13. The van der Waals surface area contributed by atoms with Crippen molar-refractivity contribution < 1.29 is 9.53 Å². The molecule has 1 aromatic carbocycles. The third kappa shape index (κ3) is 4.46. The monoisotopic (exact) mass is 427 g/mol. The number of nitrogens with zero attached hydrogens (tertiary/aromatic N) is 1. The lowest BCUT2D eigenvalue weighted by Gasteiger charge is -2.28. The lowest BCUT2D eigenvalue weighted by atomic mass is 9.82. The number of carbonyl (C=O) groups excluding carboxylic acids is 1. The molecule has 0 radical (unpaired) electrons. The molecular weight excluding hydrogens is 398 g/mol. The summed E-state index contributed by atoms with van der Waals surface area (Å²) < 4.78 is 5.04. The molecule has 2 heterocycles. The number of hydrogen-bond donors (Lipinski definition) is 2. The Morgan fingerprint density at radius 2 is 1.97 bits per heavy atom. The molecule has 0 saturated heterocycles. The van der Waals surface area contributed by atoms with Gasteiger partial charge in [0.25, 0.3) is 5.56 Å². The molecule has 30 heavy (non-hydrogen) atoms. The van der Waals surface area contributed by atoms with Gasteiger partial charge in [-0.3, -0.25) is 4.79 Å². The Bertz CT molecular complexity index is 1010. The fourth-order valence-corrected chi connectivity index (χ4v) is 4.55. The van der Waals surface area contributed by atoms with E-state index in [0.29, 0.717) is 33.7 Å². The minimum absolute atomic E-state index is 0.238. The first-order valence-corrected chi connectivity index (χ1v) is 11.3. The van der Waals surface area contributed by atoms with Crippen molar-refractivity contribution in [1.29, 1.82) is 0 Å². The summed E-state index contributed by atoms with van der Waals surface area (Å²) in [5.41, 5.74) is 3.34. The largest absolute Gasteiger partial charge is 0.466 e.